The highest BCUT2D eigenvalue weighted by Crippen LogP contribution is 2.50. The van der Waals surface area contributed by atoms with Crippen molar-refractivity contribution in [2.24, 2.45) is 0 Å². The Kier molecular flexibility index (Phi) is 18.8. The van der Waals surface area contributed by atoms with E-state index in [2.05, 4.69) is 107 Å². The number of rotatable bonds is 40. The third-order valence-corrected chi connectivity index (χ3v) is 24.6. The van der Waals surface area contributed by atoms with Gasteiger partial charge in [-0.25, -0.2) is 76.2 Å². The molecule has 0 bridgehead atoms. The minimum absolute atomic E-state index is 0.0868. The third kappa shape index (κ3) is 23.8. The number of aromatic nitrogens is 20. The summed E-state index contributed by atoms with van der Waals surface area (Å²) in [4.78, 5) is 33.8. The molecule has 40 nitrogen and oxygen atoms in total. The van der Waals surface area contributed by atoms with Crippen LogP contribution in [0.2, 0.25) is 0 Å². The van der Waals surface area contributed by atoms with Crippen molar-refractivity contribution in [3.63, 3.8) is 0 Å². The van der Waals surface area contributed by atoms with E-state index >= 15 is 0 Å². The average Bonchev–Trinajstić information content (AvgIpc) is 1.49. The van der Waals surface area contributed by atoms with E-state index in [0.29, 0.717) is 48.3 Å². The van der Waals surface area contributed by atoms with E-state index in [4.69, 9.17) is 88.2 Å². The van der Waals surface area contributed by atoms with Crippen LogP contribution in [0.15, 0.2) is 93.1 Å². The van der Waals surface area contributed by atoms with Crippen LogP contribution in [0.1, 0.15) is 271 Å². The number of thioether (sulfide) groups is 4. The van der Waals surface area contributed by atoms with E-state index in [1.807, 2.05) is 13.8 Å². The lowest BCUT2D eigenvalue weighted by Crippen LogP contribution is -2.33. The monoisotopic (exact) mass is 2130 g/mol. The second-order valence-electron chi connectivity index (χ2n) is 30.8. The summed E-state index contributed by atoms with van der Waals surface area (Å²) in [5, 5.41) is 166. The van der Waals surface area contributed by atoms with Gasteiger partial charge in [-0.3, -0.25) is 0 Å². The number of aliphatic hydroxyl groups excluding tert-OH is 2. The summed E-state index contributed by atoms with van der Waals surface area (Å²) in [5.74, 6) is -14.0. The van der Waals surface area contributed by atoms with Crippen molar-refractivity contribution in [2.45, 2.75) is 298 Å². The molecular weight excluding hydrogens is 1950 g/mol. The molecule has 16 N–H and O–H groups in total. The standard InChI is InChI=1S/4C24H31FN6O4S/c4*1-3-8-36-24-27-22(26-16-10-14(16)13-5-4-12(2)15(25)9-13)19-23(28-24)31(30-29-19)17-11-18(35-7-6-32)21(34)20(17)33/h4*4-5,9,14,16-18,20-21,32-34H,3,6-8,10-11H2,1-2H3,(H,26,27,28)/t4*14-,16+,17+,18-,20-,21+/m0000/s1/i4D,5D,6D2,7D2,9D,11D2,14D,16D,17D,18D,20D,21D;4D,5D,8D2,9D,11D2,14D,16D,17D,18D,20D,21D;4D,5D,7D2,9D,11D2,14D,16D,17D,18D,20D,21D;4D,5D,6D2,9D,11D2,14D,16D,17D,18D,20D,21D. The van der Waals surface area contributed by atoms with Gasteiger partial charge in [0.25, 0.3) is 0 Å². The van der Waals surface area contributed by atoms with E-state index < -0.39 is 440 Å². The predicted molar refractivity (Wildman–Crippen MR) is 530 cm³/mol. The van der Waals surface area contributed by atoms with Gasteiger partial charge in [-0.1, -0.05) is 144 Å². The largest absolute Gasteiger partial charge is 0.394 e. The molecule has 0 spiro atoms. The summed E-state index contributed by atoms with van der Waals surface area (Å²) in [6.45, 7) is -7.67. The Bertz CT molecular complexity index is 9500. The number of halogens is 4. The van der Waals surface area contributed by atoms with E-state index in [9.17, 15) is 78.8 Å². The van der Waals surface area contributed by atoms with Crippen molar-refractivity contribution in [1.82, 2.24) is 99.8 Å². The number of hydrogen-bond donors (Lipinski definition) is 16. The normalized spacial score (nSPS) is 47.2. The number of anilines is 4. The molecule has 0 unspecified atom stereocenters. The van der Waals surface area contributed by atoms with Crippen LogP contribution in [0.4, 0.5) is 40.8 Å². The van der Waals surface area contributed by atoms with Gasteiger partial charge in [0.1, 0.15) is 71.9 Å². The van der Waals surface area contributed by atoms with Crippen LogP contribution in [0, 0.1) is 51.0 Å². The summed E-state index contributed by atoms with van der Waals surface area (Å²) in [6, 6.07) is -32.1. The molecule has 8 heterocycles. The minimum atomic E-state index is -4.35. The lowest BCUT2D eigenvalue weighted by Gasteiger charge is -2.17. The molecule has 0 radical (unpaired) electrons. The Balaban J connectivity index is 0.000000171. The molecule has 12 aromatic rings. The molecule has 20 rings (SSSR count). The van der Waals surface area contributed by atoms with Crippen LogP contribution in [-0.2, 0) is 18.9 Å². The maximum atomic E-state index is 14.8. The fourth-order valence-electron chi connectivity index (χ4n) is 13.2. The second kappa shape index (κ2) is 47.3. The van der Waals surface area contributed by atoms with Gasteiger partial charge >= 0.3 is 0 Å². The fourth-order valence-corrected chi connectivity index (χ4v) is 15.8. The number of ether oxygens (including phenoxy) is 4. The van der Waals surface area contributed by atoms with Gasteiger partial charge in [-0.15, -0.1) is 20.4 Å². The lowest BCUT2D eigenvalue weighted by molar-refractivity contribution is -0.0629. The Morgan fingerprint density at radius 2 is 0.646 bits per heavy atom. The van der Waals surface area contributed by atoms with E-state index in [1.54, 1.807) is 6.92 Å². The third-order valence-electron chi connectivity index (χ3n) is 20.6. The van der Waals surface area contributed by atoms with Crippen LogP contribution in [0.5, 0.6) is 0 Å². The Morgan fingerprint density at radius 3 is 0.910 bits per heavy atom. The average molecular weight is 2130 g/mol. The minimum Gasteiger partial charge on any atom is -0.394 e. The van der Waals surface area contributed by atoms with E-state index in [1.165, 1.54) is 34.6 Å². The summed E-state index contributed by atoms with van der Waals surface area (Å²) < 4.78 is 533. The van der Waals surface area contributed by atoms with Crippen LogP contribution >= 0.6 is 47.0 Å². The number of hydrogen-bond acceptors (Lipinski definition) is 40. The zero-order chi connectivity index (χ0) is 150. The van der Waals surface area contributed by atoms with Gasteiger partial charge < -0.3 is 101 Å². The van der Waals surface area contributed by atoms with Crippen molar-refractivity contribution in [3.8, 4) is 0 Å². The smallest absolute Gasteiger partial charge is 0.191 e. The molecular formula is C96H124F4N24O16S4. The lowest BCUT2D eigenvalue weighted by atomic mass is 10.1. The van der Waals surface area contributed by atoms with E-state index in [0.717, 1.165) is 35.3 Å². The predicted octanol–water partition coefficient (Wildman–Crippen LogP) is 8.73. The maximum Gasteiger partial charge on any atom is 0.191 e. The molecule has 8 fully saturated rings. The van der Waals surface area contributed by atoms with Crippen LogP contribution < -0.4 is 21.3 Å². The van der Waals surface area contributed by atoms with Crippen molar-refractivity contribution < 1.29 is 172 Å². The molecule has 8 aliphatic rings. The first kappa shape index (κ1) is 57.3. The van der Waals surface area contributed by atoms with Crippen molar-refractivity contribution in [2.75, 3.05) is 96.9 Å². The highest BCUT2D eigenvalue weighted by molar-refractivity contribution is 7.99. The molecule has 48 heteroatoms. The van der Waals surface area contributed by atoms with Gasteiger partial charge in [0, 0.05) is 115 Å². The van der Waals surface area contributed by atoms with Crippen LogP contribution in [-0.4, -0.2) is 334 Å². The Hall–Kier alpha value is -9.52. The number of nitrogens with one attached hydrogen (secondary N) is 4. The molecule has 8 aliphatic carbocycles. The molecule has 8 aromatic heterocycles. The highest BCUT2D eigenvalue weighted by Gasteiger charge is 2.51. The molecule has 4 aromatic carbocycles. The van der Waals surface area contributed by atoms with Crippen molar-refractivity contribution in [1.29, 1.82) is 0 Å². The van der Waals surface area contributed by atoms with Gasteiger partial charge in [-0.2, -0.15) is 0 Å². The summed E-state index contributed by atoms with van der Waals surface area (Å²) in [5.41, 5.74) is -10.1. The molecule has 8 saturated carbocycles. The molecule has 144 heavy (non-hydrogen) atoms. The fraction of sp³-hybridized carbons (Fsp3) is 0.583. The number of nitrogens with zero attached hydrogens (tertiary/aromatic N) is 20. The van der Waals surface area contributed by atoms with Gasteiger partial charge in [-0.05, 0) is 148 Å². The topological polar surface area (TPSA) is 554 Å². The van der Waals surface area contributed by atoms with Gasteiger partial charge in [0.2, 0.25) is 0 Å². The SMILES string of the molecule is [2H]c1c([2H])c([C@]2([2H])C[C@@]2([2H])Nc2nc(SC([2H])([2H])CC)nc3c2nnn3[C@]2([2H])C([2H])([2H])[C@]([2H])(OCCO)[C@@]([2H])(O)[C@@]2([2H])O)c([2H])c(F)c1C.[2H]c1c([2H])c([C@]2([2H])C[C@@]2([2H])Nc2nc(SCCC)nc3c2nnn3[C@]2([2H])C([2H])([2H])[C@]([2H])(OC([2H])([2H])C([2H])([2H])O)[C@@]([2H])(O)[C@@]2([2H])O)c([2H])c(F)c1C.[2H]c1c([2H])c([C@]2([2H])C[C@@]2([2H])Nc2nc(SCCC)nc3c2nnn3[C@]2([2H])C([2H])([2H])[C@]([2H])(OC([2H])([2H])CO)[C@@]([2H])(O)[C@@]2([2H])O)c([2H])c(F)c1C.[2H]c1c([2H])c([C@]2([2H])C[C@@]2([2H])Nc2nc(SCCC)nc3c2nnn3[C@]2([2H])C([2H])([2H])[C@]([2H])(OCC([2H])([2H])O)[C@@]([2H])(O)[C@@]2([2H])O)c([2H])c(F)c1C. The molecule has 0 amide bonds. The summed E-state index contributed by atoms with van der Waals surface area (Å²) >= 11 is 3.39. The van der Waals surface area contributed by atoms with Gasteiger partial charge in [0.15, 0.2) is 88.6 Å². The molecule has 24 atom stereocenters. The van der Waals surface area contributed by atoms with Crippen molar-refractivity contribution >= 4 is 115 Å². The first-order valence-electron chi connectivity index (χ1n) is 70.1. The quantitative estimate of drug-likeness (QED) is 0.00969. The Labute approximate surface area is 919 Å². The van der Waals surface area contributed by atoms with Crippen LogP contribution in [0.3, 0.4) is 0 Å². The zero-order valence-corrected chi connectivity index (χ0v) is 79.5. The maximum absolute atomic E-state index is 14.8. The number of aliphatic hydroxyl groups is 12. The summed E-state index contributed by atoms with van der Waals surface area (Å²) in [7, 11) is 0. The van der Waals surface area contributed by atoms with E-state index in [-0.39, 0.29) is 68.7 Å². The van der Waals surface area contributed by atoms with Crippen molar-refractivity contribution in [3.05, 3.63) is 140 Å². The van der Waals surface area contributed by atoms with Gasteiger partial charge in [0.05, 0.1) is 156 Å². The molecule has 0 aliphatic heterocycles. The zero-order valence-electron chi connectivity index (χ0n) is 130. The first-order valence-corrected chi connectivity index (χ1v) is 46.9. The van der Waals surface area contributed by atoms with Crippen LogP contribution in [0.25, 0.3) is 44.7 Å². The molecule has 776 valence electrons. The highest BCUT2D eigenvalue weighted by atomic mass is 32.2. The second-order valence-corrected chi connectivity index (χ2v) is 34.8. The number of benzene rings is 4. The number of fused-ring (bicyclic) bond motifs is 4. The Morgan fingerprint density at radius 1 is 0.368 bits per heavy atom. The molecule has 0 saturated heterocycles. The summed E-state index contributed by atoms with van der Waals surface area (Å²) in [6.07, 6.45) is -64.5. The first-order chi connectivity index (χ1) is 89.7.